The number of nitrogens with zero attached hydrogens (tertiary/aromatic N) is 3. The Morgan fingerprint density at radius 1 is 0.838 bits per heavy atom. The van der Waals surface area contributed by atoms with Crippen LogP contribution in [0.25, 0.3) is 27.8 Å². The topological polar surface area (TPSA) is 76.6 Å². The van der Waals surface area contributed by atoms with E-state index in [0.717, 1.165) is 32.6 Å². The normalized spacial score (nSPS) is 15.4. The molecule has 0 spiro atoms. The summed E-state index contributed by atoms with van der Waals surface area (Å²) in [5.74, 6) is 1.97. The van der Waals surface area contributed by atoms with E-state index in [1.165, 1.54) is 11.6 Å². The van der Waals surface area contributed by atoms with E-state index >= 15 is 0 Å². The summed E-state index contributed by atoms with van der Waals surface area (Å²) in [4.78, 5) is 26.9. The Morgan fingerprint density at radius 2 is 1.59 bits per heavy atom. The van der Waals surface area contributed by atoms with Crippen LogP contribution in [0.3, 0.4) is 0 Å². The maximum atomic E-state index is 13.7. The lowest BCUT2D eigenvalue weighted by Gasteiger charge is -2.30. The lowest BCUT2D eigenvalue weighted by atomic mass is 10.0. The molecule has 8 nitrogen and oxygen atoms in total. The van der Waals surface area contributed by atoms with E-state index in [4.69, 9.17) is 14.2 Å². The average molecular weight is 494 g/mol. The van der Waals surface area contributed by atoms with Gasteiger partial charge in [0.15, 0.2) is 17.6 Å². The maximum Gasteiger partial charge on any atom is 0.331 e. The van der Waals surface area contributed by atoms with Crippen molar-refractivity contribution in [3.8, 4) is 34.2 Å². The van der Waals surface area contributed by atoms with E-state index in [1.807, 2.05) is 73.7 Å². The fraction of sp³-hybridized carbons (Fsp3) is 0.172. The predicted octanol–water partition coefficient (Wildman–Crippen LogP) is 4.21. The summed E-state index contributed by atoms with van der Waals surface area (Å²) in [7, 11) is 3.21. The number of hydrogen-bond acceptors (Lipinski definition) is 5. The van der Waals surface area contributed by atoms with Crippen LogP contribution in [-0.2, 0) is 14.1 Å². The monoisotopic (exact) mass is 493 g/mol. The third kappa shape index (κ3) is 2.95. The van der Waals surface area contributed by atoms with Crippen LogP contribution in [0.2, 0.25) is 0 Å². The van der Waals surface area contributed by atoms with E-state index in [1.54, 1.807) is 7.05 Å². The van der Waals surface area contributed by atoms with Crippen molar-refractivity contribution in [1.82, 2.24) is 13.7 Å². The Balaban J connectivity index is 1.66. The highest BCUT2D eigenvalue weighted by molar-refractivity contribution is 5.98. The number of fused-ring (bicyclic) bond motifs is 6. The molecular weight excluding hydrogens is 470 g/mol. The van der Waals surface area contributed by atoms with Gasteiger partial charge in [0.1, 0.15) is 5.75 Å². The number of ether oxygens (including phenoxy) is 3. The molecule has 2 aliphatic heterocycles. The van der Waals surface area contributed by atoms with Crippen LogP contribution >= 0.6 is 0 Å². The zero-order valence-corrected chi connectivity index (χ0v) is 20.5. The molecule has 0 saturated heterocycles. The van der Waals surface area contributed by atoms with Gasteiger partial charge in [-0.3, -0.25) is 13.9 Å². The van der Waals surface area contributed by atoms with Gasteiger partial charge >= 0.3 is 5.69 Å². The molecule has 0 amide bonds. The van der Waals surface area contributed by atoms with Gasteiger partial charge in [0.05, 0.1) is 28.0 Å². The van der Waals surface area contributed by atoms with Crippen LogP contribution in [0.4, 0.5) is 0 Å². The van der Waals surface area contributed by atoms with E-state index < -0.39 is 11.8 Å². The van der Waals surface area contributed by atoms with E-state index in [9.17, 15) is 9.59 Å². The van der Waals surface area contributed by atoms with Gasteiger partial charge in [-0.15, -0.1) is 0 Å². The standard InChI is InChI=1S/C29H23N3O5/c1-16-8-10-17(11-9-16)24-23-25(30(2)29(34)31(3)28(23)33)26-27(18-12-13-21-22(14-18)36-15-35-21)37-20-7-5-4-6-19(20)32(24)26/h4-14,27H,15H2,1-3H3/t27-/m0/s1. The Kier molecular flexibility index (Phi) is 4.45. The molecule has 0 unspecified atom stereocenters. The summed E-state index contributed by atoms with van der Waals surface area (Å²) in [5, 5.41) is 0.467. The SMILES string of the molecule is Cc1ccc(-c2c3c(=O)n(C)c(=O)n(C)c3c3n2-c2ccccc2O[C@H]3c2ccc3c(c2)OCO3)cc1. The third-order valence-corrected chi connectivity index (χ3v) is 7.23. The minimum atomic E-state index is -0.608. The second kappa shape index (κ2) is 7.64. The molecule has 0 fully saturated rings. The second-order valence-electron chi connectivity index (χ2n) is 9.44. The molecule has 0 bridgehead atoms. The third-order valence-electron chi connectivity index (χ3n) is 7.23. The van der Waals surface area contributed by atoms with Crippen LogP contribution in [0.15, 0.2) is 76.3 Å². The van der Waals surface area contributed by atoms with Gasteiger partial charge in [0.25, 0.3) is 5.56 Å². The highest BCUT2D eigenvalue weighted by Gasteiger charge is 2.36. The van der Waals surface area contributed by atoms with Gasteiger partial charge in [-0.05, 0) is 36.8 Å². The zero-order chi connectivity index (χ0) is 25.4. The molecule has 8 heteroatoms. The van der Waals surface area contributed by atoms with Gasteiger partial charge in [-0.1, -0.05) is 48.0 Å². The van der Waals surface area contributed by atoms with Crippen molar-refractivity contribution in [1.29, 1.82) is 0 Å². The molecule has 0 saturated carbocycles. The van der Waals surface area contributed by atoms with Gasteiger partial charge < -0.3 is 18.8 Å². The average Bonchev–Trinajstić information content (AvgIpc) is 3.53. The van der Waals surface area contributed by atoms with Gasteiger partial charge in [-0.2, -0.15) is 0 Å². The summed E-state index contributed by atoms with van der Waals surface area (Å²) in [6.45, 7) is 2.19. The van der Waals surface area contributed by atoms with Crippen molar-refractivity contribution in [2.24, 2.45) is 14.1 Å². The quantitative estimate of drug-likeness (QED) is 0.368. The Hall–Kier alpha value is -4.72. The summed E-state index contributed by atoms with van der Waals surface area (Å²) >= 11 is 0. The molecule has 37 heavy (non-hydrogen) atoms. The molecule has 2 aromatic heterocycles. The number of aromatic nitrogens is 3. The Morgan fingerprint density at radius 3 is 2.41 bits per heavy atom. The summed E-state index contributed by atoms with van der Waals surface area (Å²) in [6.07, 6.45) is -0.608. The van der Waals surface area contributed by atoms with Crippen LogP contribution in [0.5, 0.6) is 17.2 Å². The van der Waals surface area contributed by atoms with Crippen molar-refractivity contribution in [2.45, 2.75) is 13.0 Å². The smallest absolute Gasteiger partial charge is 0.331 e. The molecule has 0 N–H and O–H groups in total. The molecule has 4 heterocycles. The first-order chi connectivity index (χ1) is 17.9. The number of para-hydroxylation sites is 2. The molecule has 3 aromatic carbocycles. The van der Waals surface area contributed by atoms with Gasteiger partial charge in [0, 0.05) is 19.7 Å². The van der Waals surface area contributed by atoms with E-state index in [0.29, 0.717) is 33.8 Å². The molecule has 0 radical (unpaired) electrons. The van der Waals surface area contributed by atoms with Crippen LogP contribution in [0.1, 0.15) is 22.9 Å². The molecule has 2 aliphatic rings. The fourth-order valence-electron chi connectivity index (χ4n) is 5.40. The molecule has 0 aliphatic carbocycles. The molecule has 184 valence electrons. The van der Waals surface area contributed by atoms with Crippen LogP contribution < -0.4 is 25.5 Å². The summed E-state index contributed by atoms with van der Waals surface area (Å²) in [5.41, 5.74) is 4.84. The van der Waals surface area contributed by atoms with Crippen molar-refractivity contribution in [2.75, 3.05) is 6.79 Å². The second-order valence-corrected chi connectivity index (χ2v) is 9.44. The molecule has 5 aromatic rings. The highest BCUT2D eigenvalue weighted by Crippen LogP contribution is 2.47. The number of benzene rings is 3. The van der Waals surface area contributed by atoms with Crippen molar-refractivity contribution in [3.05, 3.63) is 104 Å². The molecule has 1 atom stereocenters. The number of rotatable bonds is 2. The first-order valence-electron chi connectivity index (χ1n) is 12.0. The van der Waals surface area contributed by atoms with Crippen molar-refractivity contribution >= 4 is 10.9 Å². The largest absolute Gasteiger partial charge is 0.477 e. The molecular formula is C29H23N3O5. The van der Waals surface area contributed by atoms with E-state index in [-0.39, 0.29) is 12.4 Å². The summed E-state index contributed by atoms with van der Waals surface area (Å²) in [6, 6.07) is 21.5. The van der Waals surface area contributed by atoms with Crippen molar-refractivity contribution < 1.29 is 14.2 Å². The van der Waals surface area contributed by atoms with Gasteiger partial charge in [0.2, 0.25) is 6.79 Å². The first-order valence-corrected chi connectivity index (χ1v) is 12.0. The van der Waals surface area contributed by atoms with E-state index in [2.05, 4.69) is 4.57 Å². The van der Waals surface area contributed by atoms with Gasteiger partial charge in [-0.25, -0.2) is 4.79 Å². The molecule has 7 rings (SSSR count). The Labute approximate surface area is 211 Å². The fourth-order valence-corrected chi connectivity index (χ4v) is 5.40. The lowest BCUT2D eigenvalue weighted by molar-refractivity contribution is 0.173. The predicted molar refractivity (Wildman–Crippen MR) is 139 cm³/mol. The summed E-state index contributed by atoms with van der Waals surface area (Å²) < 4.78 is 22.5. The maximum absolute atomic E-state index is 13.7. The minimum absolute atomic E-state index is 0.161. The number of aryl methyl sites for hydroxylation is 2. The van der Waals surface area contributed by atoms with Crippen LogP contribution in [0, 0.1) is 6.92 Å². The minimum Gasteiger partial charge on any atom is -0.477 e. The van der Waals surface area contributed by atoms with Crippen molar-refractivity contribution in [3.63, 3.8) is 0 Å². The lowest BCUT2D eigenvalue weighted by Crippen LogP contribution is -2.37. The first kappa shape index (κ1) is 21.6. The number of hydrogen-bond donors (Lipinski definition) is 0. The zero-order valence-electron chi connectivity index (χ0n) is 20.5. The highest BCUT2D eigenvalue weighted by atomic mass is 16.7. The Bertz CT molecular complexity index is 1860. The van der Waals surface area contributed by atoms with Crippen LogP contribution in [-0.4, -0.2) is 20.5 Å².